The maximum Gasteiger partial charge on any atom is 0.159 e. The fourth-order valence-corrected chi connectivity index (χ4v) is 2.40. The van der Waals surface area contributed by atoms with Crippen molar-refractivity contribution < 1.29 is 4.79 Å². The molecule has 0 amide bonds. The van der Waals surface area contributed by atoms with Gasteiger partial charge in [-0.25, -0.2) is 0 Å². The Morgan fingerprint density at radius 1 is 1.00 bits per heavy atom. The van der Waals surface area contributed by atoms with Gasteiger partial charge >= 0.3 is 0 Å². The molecule has 0 heterocycles. The normalized spacial score (nSPS) is 10.2. The Morgan fingerprint density at radius 3 is 2.35 bits per heavy atom. The molecule has 2 aromatic rings. The first-order valence-corrected chi connectivity index (χ1v) is 6.32. The molecule has 0 spiro atoms. The molecule has 0 atom stereocenters. The highest BCUT2D eigenvalue weighted by Crippen LogP contribution is 2.28. The lowest BCUT2D eigenvalue weighted by molar-refractivity contribution is 0.101. The van der Waals surface area contributed by atoms with E-state index in [0.29, 0.717) is 0 Å². The van der Waals surface area contributed by atoms with Crippen LogP contribution in [0, 0.1) is 6.92 Å². The molecule has 17 heavy (non-hydrogen) atoms. The number of ketones is 1. The van der Waals surface area contributed by atoms with Gasteiger partial charge in [0.2, 0.25) is 0 Å². The van der Waals surface area contributed by atoms with Crippen molar-refractivity contribution in [1.82, 2.24) is 0 Å². The minimum atomic E-state index is 0.108. The van der Waals surface area contributed by atoms with Crippen LogP contribution in [0.2, 0.25) is 0 Å². The number of benzene rings is 2. The van der Waals surface area contributed by atoms with Crippen LogP contribution in [-0.2, 0) is 0 Å². The zero-order valence-corrected chi connectivity index (χ0v) is 10.8. The van der Waals surface area contributed by atoms with Crippen molar-refractivity contribution in [2.45, 2.75) is 23.6 Å². The van der Waals surface area contributed by atoms with Gasteiger partial charge in [-0.3, -0.25) is 4.79 Å². The van der Waals surface area contributed by atoms with Crippen LogP contribution in [0.4, 0.5) is 0 Å². The summed E-state index contributed by atoms with van der Waals surface area (Å²) in [6, 6.07) is 16.1. The molecule has 0 aliphatic rings. The van der Waals surface area contributed by atoms with Gasteiger partial charge in [-0.2, -0.15) is 0 Å². The molecule has 2 heteroatoms. The molecule has 0 aliphatic carbocycles. The van der Waals surface area contributed by atoms with Gasteiger partial charge in [0.05, 0.1) is 0 Å². The fourth-order valence-electron chi connectivity index (χ4n) is 1.52. The lowest BCUT2D eigenvalue weighted by atomic mass is 10.2. The molecule has 0 N–H and O–H groups in total. The number of aryl methyl sites for hydroxylation is 1. The first-order valence-electron chi connectivity index (χ1n) is 5.51. The summed E-state index contributed by atoms with van der Waals surface area (Å²) < 4.78 is 0. The molecule has 0 saturated carbocycles. The molecule has 2 rings (SSSR count). The summed E-state index contributed by atoms with van der Waals surface area (Å²) >= 11 is 1.68. The molecule has 0 unspecified atom stereocenters. The van der Waals surface area contributed by atoms with Crippen molar-refractivity contribution in [2.24, 2.45) is 0 Å². The van der Waals surface area contributed by atoms with Gasteiger partial charge in [0, 0.05) is 15.4 Å². The summed E-state index contributed by atoms with van der Waals surface area (Å²) in [4.78, 5) is 13.6. The summed E-state index contributed by atoms with van der Waals surface area (Å²) in [7, 11) is 0. The average molecular weight is 242 g/mol. The number of hydrogen-bond acceptors (Lipinski definition) is 2. The molecule has 0 fully saturated rings. The van der Waals surface area contributed by atoms with Crippen LogP contribution in [0.25, 0.3) is 0 Å². The highest BCUT2D eigenvalue weighted by atomic mass is 32.2. The van der Waals surface area contributed by atoms with Crippen molar-refractivity contribution in [1.29, 1.82) is 0 Å². The molecule has 0 bridgehead atoms. The zero-order valence-electron chi connectivity index (χ0n) is 9.94. The summed E-state index contributed by atoms with van der Waals surface area (Å²) in [6.07, 6.45) is 0. The van der Waals surface area contributed by atoms with E-state index < -0.39 is 0 Å². The number of carbonyl (C=O) groups is 1. The van der Waals surface area contributed by atoms with Gasteiger partial charge in [0.25, 0.3) is 0 Å². The Balaban J connectivity index is 2.21. The predicted octanol–water partition coefficient (Wildman–Crippen LogP) is 4.35. The van der Waals surface area contributed by atoms with E-state index in [2.05, 4.69) is 31.2 Å². The molecule has 2 aromatic carbocycles. The molecular formula is C15H14OS. The van der Waals surface area contributed by atoms with Crippen LogP contribution in [0.3, 0.4) is 0 Å². The molecule has 0 aliphatic heterocycles. The Labute approximate surface area is 106 Å². The second-order valence-corrected chi connectivity index (χ2v) is 5.15. The van der Waals surface area contributed by atoms with Crippen LogP contribution in [0.5, 0.6) is 0 Å². The Hall–Kier alpha value is -1.54. The molecule has 0 aromatic heterocycles. The van der Waals surface area contributed by atoms with E-state index in [9.17, 15) is 4.79 Å². The highest BCUT2D eigenvalue weighted by molar-refractivity contribution is 7.99. The van der Waals surface area contributed by atoms with E-state index in [4.69, 9.17) is 0 Å². The van der Waals surface area contributed by atoms with Gasteiger partial charge < -0.3 is 0 Å². The first kappa shape index (κ1) is 11.9. The number of carbonyl (C=O) groups excluding carboxylic acids is 1. The van der Waals surface area contributed by atoms with Gasteiger partial charge in [-0.1, -0.05) is 41.6 Å². The predicted molar refractivity (Wildman–Crippen MR) is 71.7 cm³/mol. The second kappa shape index (κ2) is 5.19. The van der Waals surface area contributed by atoms with Gasteiger partial charge in [-0.05, 0) is 38.1 Å². The van der Waals surface area contributed by atoms with Crippen molar-refractivity contribution in [3.05, 3.63) is 59.7 Å². The van der Waals surface area contributed by atoms with Gasteiger partial charge in [0.15, 0.2) is 5.78 Å². The van der Waals surface area contributed by atoms with Crippen molar-refractivity contribution >= 4 is 17.5 Å². The smallest absolute Gasteiger partial charge is 0.159 e. The van der Waals surface area contributed by atoms with Crippen LogP contribution < -0.4 is 0 Å². The van der Waals surface area contributed by atoms with Crippen molar-refractivity contribution in [2.75, 3.05) is 0 Å². The third kappa shape index (κ3) is 3.21. The molecule has 0 radical (unpaired) electrons. The summed E-state index contributed by atoms with van der Waals surface area (Å²) in [5, 5.41) is 0. The van der Waals surface area contributed by atoms with E-state index in [1.807, 2.05) is 24.3 Å². The minimum absolute atomic E-state index is 0.108. The Morgan fingerprint density at radius 2 is 1.71 bits per heavy atom. The maximum atomic E-state index is 11.3. The third-order valence-corrected chi connectivity index (χ3v) is 3.49. The number of hydrogen-bond donors (Lipinski definition) is 0. The quantitative estimate of drug-likeness (QED) is 0.744. The van der Waals surface area contributed by atoms with Crippen LogP contribution in [0.15, 0.2) is 58.3 Å². The van der Waals surface area contributed by atoms with Crippen LogP contribution in [-0.4, -0.2) is 5.78 Å². The largest absolute Gasteiger partial charge is 0.295 e. The standard InChI is InChI=1S/C15H14OS/c1-11-6-8-14(9-7-11)17-15-5-3-4-13(10-15)12(2)16/h3-10H,1-2H3. The summed E-state index contributed by atoms with van der Waals surface area (Å²) in [6.45, 7) is 3.67. The average Bonchev–Trinajstić information content (AvgIpc) is 2.32. The third-order valence-electron chi connectivity index (χ3n) is 2.50. The van der Waals surface area contributed by atoms with E-state index in [-0.39, 0.29) is 5.78 Å². The number of rotatable bonds is 3. The SMILES string of the molecule is CC(=O)c1cccc(Sc2ccc(C)cc2)c1. The zero-order chi connectivity index (χ0) is 12.3. The Bertz CT molecular complexity index is 529. The number of Topliss-reactive ketones (excluding diaryl/α,β-unsaturated/α-hetero) is 1. The first-order chi connectivity index (χ1) is 8.15. The maximum absolute atomic E-state index is 11.3. The van der Waals surface area contributed by atoms with Crippen molar-refractivity contribution in [3.8, 4) is 0 Å². The van der Waals surface area contributed by atoms with E-state index >= 15 is 0 Å². The molecule has 0 saturated heterocycles. The molecule has 86 valence electrons. The van der Waals surface area contributed by atoms with Crippen molar-refractivity contribution in [3.63, 3.8) is 0 Å². The molecular weight excluding hydrogens is 228 g/mol. The van der Waals surface area contributed by atoms with Gasteiger partial charge in [-0.15, -0.1) is 0 Å². The summed E-state index contributed by atoms with van der Waals surface area (Å²) in [5.74, 6) is 0.108. The Kier molecular flexibility index (Phi) is 3.64. The summed E-state index contributed by atoms with van der Waals surface area (Å²) in [5.41, 5.74) is 2.02. The van der Waals surface area contributed by atoms with Gasteiger partial charge in [0.1, 0.15) is 0 Å². The fraction of sp³-hybridized carbons (Fsp3) is 0.133. The van der Waals surface area contributed by atoms with E-state index in [1.165, 1.54) is 10.5 Å². The monoisotopic (exact) mass is 242 g/mol. The lowest BCUT2D eigenvalue weighted by Crippen LogP contribution is -1.90. The van der Waals surface area contributed by atoms with Crippen LogP contribution in [0.1, 0.15) is 22.8 Å². The van der Waals surface area contributed by atoms with E-state index in [1.54, 1.807) is 18.7 Å². The highest BCUT2D eigenvalue weighted by Gasteiger charge is 2.02. The molecule has 1 nitrogen and oxygen atoms in total. The second-order valence-electron chi connectivity index (χ2n) is 4.00. The van der Waals surface area contributed by atoms with Crippen LogP contribution >= 0.6 is 11.8 Å². The lowest BCUT2D eigenvalue weighted by Gasteiger charge is -2.03. The topological polar surface area (TPSA) is 17.1 Å². The minimum Gasteiger partial charge on any atom is -0.295 e. The van der Waals surface area contributed by atoms with E-state index in [0.717, 1.165) is 10.5 Å².